The Bertz CT molecular complexity index is 659. The molecule has 0 saturated heterocycles. The van der Waals surface area contributed by atoms with Crippen LogP contribution in [0.3, 0.4) is 0 Å². The molecule has 0 radical (unpaired) electrons. The Hall–Kier alpha value is -1.95. The molecule has 0 aliphatic heterocycles. The van der Waals surface area contributed by atoms with E-state index in [0.717, 1.165) is 18.5 Å². The van der Waals surface area contributed by atoms with Crippen molar-refractivity contribution in [3.8, 4) is 0 Å². The van der Waals surface area contributed by atoms with E-state index in [2.05, 4.69) is 10.4 Å². The first-order valence-corrected chi connectivity index (χ1v) is 7.52. The van der Waals surface area contributed by atoms with Crippen molar-refractivity contribution < 1.29 is 4.79 Å². The highest BCUT2D eigenvalue weighted by Crippen LogP contribution is 2.38. The largest absolute Gasteiger partial charge is 0.349 e. The second-order valence-corrected chi connectivity index (χ2v) is 5.77. The highest BCUT2D eigenvalue weighted by atomic mass is 32.1. The summed E-state index contributed by atoms with van der Waals surface area (Å²) in [5.74, 6) is 0.411. The van der Waals surface area contributed by atoms with Crippen LogP contribution in [0.25, 0.3) is 0 Å². The molecule has 20 heavy (non-hydrogen) atoms. The predicted octanol–water partition coefficient (Wildman–Crippen LogP) is 1.61. The summed E-state index contributed by atoms with van der Waals surface area (Å²) in [5, 5.41) is 9.01. The second kappa shape index (κ2) is 5.58. The van der Waals surface area contributed by atoms with Crippen molar-refractivity contribution in [2.75, 3.05) is 6.54 Å². The SMILES string of the molecule is O=C(NCCn1nc(C2CC2)ccc1=O)c1cccs1. The van der Waals surface area contributed by atoms with Gasteiger partial charge in [0.05, 0.1) is 17.1 Å². The number of amides is 1. The molecular formula is C14H15N3O2S. The van der Waals surface area contributed by atoms with Crippen LogP contribution in [-0.4, -0.2) is 22.2 Å². The molecule has 1 aliphatic carbocycles. The van der Waals surface area contributed by atoms with Crippen LogP contribution >= 0.6 is 11.3 Å². The minimum atomic E-state index is -0.125. The van der Waals surface area contributed by atoms with E-state index in [4.69, 9.17) is 0 Å². The molecule has 1 aliphatic rings. The first-order valence-electron chi connectivity index (χ1n) is 6.64. The molecule has 104 valence electrons. The van der Waals surface area contributed by atoms with Gasteiger partial charge in [-0.05, 0) is 30.4 Å². The van der Waals surface area contributed by atoms with Crippen LogP contribution in [0.2, 0.25) is 0 Å². The van der Waals surface area contributed by atoms with Gasteiger partial charge < -0.3 is 5.32 Å². The lowest BCUT2D eigenvalue weighted by molar-refractivity contribution is 0.0956. The number of nitrogens with zero attached hydrogens (tertiary/aromatic N) is 2. The Morgan fingerprint density at radius 3 is 2.95 bits per heavy atom. The lowest BCUT2D eigenvalue weighted by Gasteiger charge is -2.07. The van der Waals surface area contributed by atoms with Crippen molar-refractivity contribution >= 4 is 17.2 Å². The first-order chi connectivity index (χ1) is 9.74. The predicted molar refractivity (Wildman–Crippen MR) is 77.1 cm³/mol. The fourth-order valence-electron chi connectivity index (χ4n) is 1.99. The Balaban J connectivity index is 1.59. The standard InChI is InChI=1S/C14H15N3O2S/c18-13-6-5-11(10-3-4-10)16-17(13)8-7-15-14(19)12-2-1-9-20-12/h1-2,5-6,9-10H,3-4,7-8H2,(H,15,19). The topological polar surface area (TPSA) is 64.0 Å². The molecule has 3 rings (SSSR count). The van der Waals surface area contributed by atoms with Crippen molar-refractivity contribution in [1.29, 1.82) is 0 Å². The van der Waals surface area contributed by atoms with Crippen molar-refractivity contribution in [1.82, 2.24) is 15.1 Å². The normalized spacial score (nSPS) is 14.2. The summed E-state index contributed by atoms with van der Waals surface area (Å²) >= 11 is 1.40. The third-order valence-corrected chi connectivity index (χ3v) is 4.11. The first kappa shape index (κ1) is 13.1. The Morgan fingerprint density at radius 2 is 2.25 bits per heavy atom. The zero-order valence-corrected chi connectivity index (χ0v) is 11.7. The summed E-state index contributed by atoms with van der Waals surface area (Å²) in [5.41, 5.74) is 0.856. The Morgan fingerprint density at radius 1 is 1.40 bits per heavy atom. The fraction of sp³-hybridized carbons (Fsp3) is 0.357. The summed E-state index contributed by atoms with van der Waals surface area (Å²) in [4.78, 5) is 24.1. The zero-order valence-electron chi connectivity index (χ0n) is 10.9. The molecule has 0 spiro atoms. The van der Waals surface area contributed by atoms with Gasteiger partial charge in [-0.25, -0.2) is 4.68 Å². The molecule has 0 unspecified atom stereocenters. The smallest absolute Gasteiger partial charge is 0.266 e. The third-order valence-electron chi connectivity index (χ3n) is 3.24. The minimum Gasteiger partial charge on any atom is -0.349 e. The molecule has 1 fully saturated rings. The van der Waals surface area contributed by atoms with Crippen molar-refractivity contribution in [2.24, 2.45) is 0 Å². The summed E-state index contributed by atoms with van der Waals surface area (Å²) in [6.07, 6.45) is 2.31. The summed E-state index contributed by atoms with van der Waals surface area (Å²) < 4.78 is 1.43. The van der Waals surface area contributed by atoms with Gasteiger partial charge in [-0.2, -0.15) is 5.10 Å². The highest BCUT2D eigenvalue weighted by molar-refractivity contribution is 7.12. The maximum absolute atomic E-state index is 11.8. The van der Waals surface area contributed by atoms with Gasteiger partial charge in [0.1, 0.15) is 0 Å². The number of rotatable bonds is 5. The van der Waals surface area contributed by atoms with E-state index < -0.39 is 0 Å². The summed E-state index contributed by atoms with van der Waals surface area (Å²) in [7, 11) is 0. The van der Waals surface area contributed by atoms with E-state index in [1.165, 1.54) is 16.0 Å². The fourth-order valence-corrected chi connectivity index (χ4v) is 2.63. The van der Waals surface area contributed by atoms with Crippen LogP contribution in [-0.2, 0) is 6.54 Å². The molecule has 0 bridgehead atoms. The van der Waals surface area contributed by atoms with E-state index in [1.807, 2.05) is 11.4 Å². The average Bonchev–Trinajstić information content (AvgIpc) is 3.15. The van der Waals surface area contributed by atoms with Crippen LogP contribution in [0.15, 0.2) is 34.4 Å². The number of carbonyl (C=O) groups is 1. The number of aromatic nitrogens is 2. The van der Waals surface area contributed by atoms with Gasteiger partial charge in [0.15, 0.2) is 0 Å². The van der Waals surface area contributed by atoms with Crippen molar-refractivity contribution in [3.05, 3.63) is 50.6 Å². The monoisotopic (exact) mass is 289 g/mol. The van der Waals surface area contributed by atoms with Crippen LogP contribution in [0.4, 0.5) is 0 Å². The summed E-state index contributed by atoms with van der Waals surface area (Å²) in [6, 6.07) is 6.98. The lowest BCUT2D eigenvalue weighted by Crippen LogP contribution is -2.31. The van der Waals surface area contributed by atoms with Crippen LogP contribution < -0.4 is 10.9 Å². The van der Waals surface area contributed by atoms with E-state index >= 15 is 0 Å². The van der Waals surface area contributed by atoms with Crippen LogP contribution in [0.1, 0.15) is 34.1 Å². The number of nitrogens with one attached hydrogen (secondary N) is 1. The number of hydrogen-bond acceptors (Lipinski definition) is 4. The van der Waals surface area contributed by atoms with Gasteiger partial charge in [0, 0.05) is 18.5 Å². The molecule has 0 atom stereocenters. The van der Waals surface area contributed by atoms with E-state index in [-0.39, 0.29) is 11.5 Å². The van der Waals surface area contributed by atoms with E-state index in [0.29, 0.717) is 23.9 Å². The third kappa shape index (κ3) is 2.96. The molecule has 0 aromatic carbocycles. The Kier molecular flexibility index (Phi) is 3.64. The molecule has 2 aromatic rings. The number of carbonyl (C=O) groups excluding carboxylic acids is 1. The molecule has 1 N–H and O–H groups in total. The number of thiophene rings is 1. The van der Waals surface area contributed by atoms with E-state index in [1.54, 1.807) is 18.2 Å². The van der Waals surface area contributed by atoms with E-state index in [9.17, 15) is 9.59 Å². The van der Waals surface area contributed by atoms with Gasteiger partial charge in [0.2, 0.25) is 0 Å². The molecular weight excluding hydrogens is 274 g/mol. The number of hydrogen-bond donors (Lipinski definition) is 1. The lowest BCUT2D eigenvalue weighted by atomic mass is 10.3. The minimum absolute atomic E-state index is 0.105. The average molecular weight is 289 g/mol. The van der Waals surface area contributed by atoms with Gasteiger partial charge in [-0.1, -0.05) is 6.07 Å². The molecule has 1 saturated carbocycles. The quantitative estimate of drug-likeness (QED) is 0.909. The van der Waals surface area contributed by atoms with Gasteiger partial charge in [0.25, 0.3) is 11.5 Å². The molecule has 2 aromatic heterocycles. The Labute approximate surface area is 120 Å². The van der Waals surface area contributed by atoms with Crippen molar-refractivity contribution in [2.45, 2.75) is 25.3 Å². The van der Waals surface area contributed by atoms with Gasteiger partial charge >= 0.3 is 0 Å². The maximum Gasteiger partial charge on any atom is 0.266 e. The second-order valence-electron chi connectivity index (χ2n) is 4.83. The van der Waals surface area contributed by atoms with Crippen LogP contribution in [0, 0.1) is 0 Å². The zero-order chi connectivity index (χ0) is 13.9. The summed E-state index contributed by atoms with van der Waals surface area (Å²) in [6.45, 7) is 0.800. The van der Waals surface area contributed by atoms with Gasteiger partial charge in [-0.15, -0.1) is 11.3 Å². The van der Waals surface area contributed by atoms with Crippen LogP contribution in [0.5, 0.6) is 0 Å². The highest BCUT2D eigenvalue weighted by Gasteiger charge is 2.25. The molecule has 5 nitrogen and oxygen atoms in total. The van der Waals surface area contributed by atoms with Crippen molar-refractivity contribution in [3.63, 3.8) is 0 Å². The molecule has 1 amide bonds. The maximum atomic E-state index is 11.8. The molecule has 2 heterocycles. The molecule has 6 heteroatoms. The van der Waals surface area contributed by atoms with Gasteiger partial charge in [-0.3, -0.25) is 9.59 Å².